The SMILES string of the molecule is Nc1cnc(Nc2cc(Br)ccc2I)c(Br)c1. The van der Waals surface area contributed by atoms with Crippen molar-refractivity contribution in [3.63, 3.8) is 0 Å². The fraction of sp³-hybridized carbons (Fsp3) is 0. The van der Waals surface area contributed by atoms with E-state index in [-0.39, 0.29) is 0 Å². The Balaban J connectivity index is 2.34. The van der Waals surface area contributed by atoms with Crippen molar-refractivity contribution in [3.8, 4) is 0 Å². The lowest BCUT2D eigenvalue weighted by Gasteiger charge is -2.10. The van der Waals surface area contributed by atoms with E-state index in [1.165, 1.54) is 0 Å². The molecule has 0 saturated carbocycles. The molecule has 0 fully saturated rings. The smallest absolute Gasteiger partial charge is 0.144 e. The lowest BCUT2D eigenvalue weighted by Crippen LogP contribution is -1.98. The maximum atomic E-state index is 5.65. The van der Waals surface area contributed by atoms with E-state index in [2.05, 4.69) is 64.8 Å². The van der Waals surface area contributed by atoms with Crippen LogP contribution in [-0.2, 0) is 0 Å². The van der Waals surface area contributed by atoms with Crippen LogP contribution >= 0.6 is 54.5 Å². The summed E-state index contributed by atoms with van der Waals surface area (Å²) in [4.78, 5) is 4.24. The monoisotopic (exact) mass is 467 g/mol. The van der Waals surface area contributed by atoms with Gasteiger partial charge in [0.1, 0.15) is 5.82 Å². The standard InChI is InChI=1S/C11H8Br2IN3/c12-6-1-2-9(14)10(3-6)17-11-8(13)4-7(15)5-16-11/h1-5H,15H2,(H,16,17). The molecule has 0 amide bonds. The molecule has 3 nitrogen and oxygen atoms in total. The van der Waals surface area contributed by atoms with Crippen molar-refractivity contribution in [1.29, 1.82) is 0 Å². The summed E-state index contributed by atoms with van der Waals surface area (Å²) in [6, 6.07) is 7.85. The second kappa shape index (κ2) is 5.53. The Hall–Kier alpha value is -0.340. The largest absolute Gasteiger partial charge is 0.397 e. The molecule has 1 heterocycles. The first-order valence-corrected chi connectivity index (χ1v) is 7.36. The quantitative estimate of drug-likeness (QED) is 0.636. The molecule has 17 heavy (non-hydrogen) atoms. The van der Waals surface area contributed by atoms with E-state index in [0.29, 0.717) is 5.69 Å². The second-order valence-electron chi connectivity index (χ2n) is 3.35. The average Bonchev–Trinajstić information content (AvgIpc) is 2.27. The minimum absolute atomic E-state index is 0.631. The normalized spacial score (nSPS) is 10.3. The molecular weight excluding hydrogens is 461 g/mol. The Bertz CT molecular complexity index is 560. The van der Waals surface area contributed by atoms with Crippen LogP contribution in [0.25, 0.3) is 0 Å². The highest BCUT2D eigenvalue weighted by Gasteiger charge is 2.05. The minimum atomic E-state index is 0.631. The Morgan fingerprint density at radius 2 is 2.00 bits per heavy atom. The van der Waals surface area contributed by atoms with Crippen LogP contribution in [0.2, 0.25) is 0 Å². The summed E-state index contributed by atoms with van der Waals surface area (Å²) < 4.78 is 2.98. The number of nitrogens with two attached hydrogens (primary N) is 1. The maximum Gasteiger partial charge on any atom is 0.144 e. The molecular formula is C11H8Br2IN3. The number of pyridine rings is 1. The number of nitrogens with one attached hydrogen (secondary N) is 1. The van der Waals surface area contributed by atoms with Crippen LogP contribution < -0.4 is 11.1 Å². The summed E-state index contributed by atoms with van der Waals surface area (Å²) in [6.45, 7) is 0. The van der Waals surface area contributed by atoms with E-state index in [4.69, 9.17) is 5.73 Å². The van der Waals surface area contributed by atoms with Crippen LogP contribution in [-0.4, -0.2) is 4.98 Å². The fourth-order valence-electron chi connectivity index (χ4n) is 1.27. The van der Waals surface area contributed by atoms with Gasteiger partial charge in [0, 0.05) is 8.04 Å². The van der Waals surface area contributed by atoms with Gasteiger partial charge in [-0.25, -0.2) is 4.98 Å². The Morgan fingerprint density at radius 1 is 1.24 bits per heavy atom. The van der Waals surface area contributed by atoms with Gasteiger partial charge < -0.3 is 11.1 Å². The van der Waals surface area contributed by atoms with Gasteiger partial charge in [0.25, 0.3) is 0 Å². The number of rotatable bonds is 2. The Kier molecular flexibility index (Phi) is 4.26. The van der Waals surface area contributed by atoms with Crippen molar-refractivity contribution in [2.75, 3.05) is 11.1 Å². The van der Waals surface area contributed by atoms with Gasteiger partial charge in [0.05, 0.1) is 22.0 Å². The zero-order valence-electron chi connectivity index (χ0n) is 8.55. The number of hydrogen-bond acceptors (Lipinski definition) is 3. The molecule has 88 valence electrons. The highest BCUT2D eigenvalue weighted by atomic mass is 127. The van der Waals surface area contributed by atoms with Crippen LogP contribution in [0.15, 0.2) is 39.4 Å². The maximum absolute atomic E-state index is 5.65. The topological polar surface area (TPSA) is 50.9 Å². The average molecular weight is 469 g/mol. The molecule has 1 aromatic heterocycles. The summed E-state index contributed by atoms with van der Waals surface area (Å²) >= 11 is 9.14. The summed E-state index contributed by atoms with van der Waals surface area (Å²) in [5, 5.41) is 3.26. The van der Waals surface area contributed by atoms with Gasteiger partial charge in [-0.05, 0) is 62.8 Å². The zero-order valence-corrected chi connectivity index (χ0v) is 13.9. The van der Waals surface area contributed by atoms with E-state index in [1.54, 1.807) is 6.20 Å². The molecule has 2 rings (SSSR count). The van der Waals surface area contributed by atoms with Crippen molar-refractivity contribution in [1.82, 2.24) is 4.98 Å². The van der Waals surface area contributed by atoms with Gasteiger partial charge in [-0.1, -0.05) is 15.9 Å². The predicted octanol–water partition coefficient (Wildman–Crippen LogP) is 4.54. The highest BCUT2D eigenvalue weighted by Crippen LogP contribution is 2.29. The van der Waals surface area contributed by atoms with Gasteiger partial charge in [0.15, 0.2) is 0 Å². The van der Waals surface area contributed by atoms with E-state index >= 15 is 0 Å². The van der Waals surface area contributed by atoms with Crippen molar-refractivity contribution in [2.24, 2.45) is 0 Å². The molecule has 2 aromatic rings. The third-order valence-corrected chi connectivity index (χ3v) is 4.08. The Morgan fingerprint density at radius 3 is 2.71 bits per heavy atom. The summed E-state index contributed by atoms with van der Waals surface area (Å²) in [5.41, 5.74) is 7.27. The number of hydrogen-bond donors (Lipinski definition) is 2. The van der Waals surface area contributed by atoms with Crippen molar-refractivity contribution in [3.05, 3.63) is 43.0 Å². The van der Waals surface area contributed by atoms with Gasteiger partial charge in [-0.2, -0.15) is 0 Å². The number of halogens is 3. The van der Waals surface area contributed by atoms with E-state index in [1.807, 2.05) is 24.3 Å². The third kappa shape index (κ3) is 3.32. The van der Waals surface area contributed by atoms with Crippen molar-refractivity contribution >= 4 is 71.6 Å². The summed E-state index contributed by atoms with van der Waals surface area (Å²) in [5.74, 6) is 0.746. The van der Waals surface area contributed by atoms with Crippen LogP contribution in [0.3, 0.4) is 0 Å². The summed E-state index contributed by atoms with van der Waals surface area (Å²) in [7, 11) is 0. The first-order chi connectivity index (χ1) is 8.06. The van der Waals surface area contributed by atoms with E-state index < -0.39 is 0 Å². The van der Waals surface area contributed by atoms with Crippen molar-refractivity contribution in [2.45, 2.75) is 0 Å². The molecule has 1 aromatic carbocycles. The van der Waals surface area contributed by atoms with Gasteiger partial charge in [0.2, 0.25) is 0 Å². The fourth-order valence-corrected chi connectivity index (χ4v) is 2.56. The van der Waals surface area contributed by atoms with Crippen LogP contribution in [0.1, 0.15) is 0 Å². The highest BCUT2D eigenvalue weighted by molar-refractivity contribution is 14.1. The molecule has 0 radical (unpaired) electrons. The van der Waals surface area contributed by atoms with Crippen molar-refractivity contribution < 1.29 is 0 Å². The first kappa shape index (κ1) is 13.1. The van der Waals surface area contributed by atoms with Crippen LogP contribution in [0, 0.1) is 3.57 Å². The molecule has 0 atom stereocenters. The molecule has 0 aliphatic heterocycles. The molecule has 3 N–H and O–H groups in total. The minimum Gasteiger partial charge on any atom is -0.397 e. The van der Waals surface area contributed by atoms with Gasteiger partial charge >= 0.3 is 0 Å². The summed E-state index contributed by atoms with van der Waals surface area (Å²) in [6.07, 6.45) is 1.62. The number of benzene rings is 1. The van der Waals surface area contributed by atoms with Crippen LogP contribution in [0.5, 0.6) is 0 Å². The Labute approximate surface area is 130 Å². The predicted molar refractivity (Wildman–Crippen MR) is 86.5 cm³/mol. The second-order valence-corrected chi connectivity index (χ2v) is 6.28. The number of aromatic nitrogens is 1. The number of anilines is 3. The number of nitrogens with zero attached hydrogens (tertiary/aromatic N) is 1. The third-order valence-electron chi connectivity index (χ3n) is 2.04. The first-order valence-electron chi connectivity index (χ1n) is 4.69. The van der Waals surface area contributed by atoms with Crippen LogP contribution in [0.4, 0.5) is 17.2 Å². The molecule has 0 saturated heterocycles. The van der Waals surface area contributed by atoms with E-state index in [0.717, 1.165) is 24.0 Å². The lowest BCUT2D eigenvalue weighted by atomic mass is 10.3. The molecule has 0 aliphatic carbocycles. The molecule has 0 unspecified atom stereocenters. The lowest BCUT2D eigenvalue weighted by molar-refractivity contribution is 1.29. The van der Waals surface area contributed by atoms with E-state index in [9.17, 15) is 0 Å². The number of nitrogen functional groups attached to an aromatic ring is 1. The van der Waals surface area contributed by atoms with Gasteiger partial charge in [-0.15, -0.1) is 0 Å². The molecule has 0 spiro atoms. The molecule has 0 aliphatic rings. The zero-order chi connectivity index (χ0) is 12.4. The molecule has 6 heteroatoms. The van der Waals surface area contributed by atoms with Gasteiger partial charge in [-0.3, -0.25) is 0 Å². The molecule has 0 bridgehead atoms.